The summed E-state index contributed by atoms with van der Waals surface area (Å²) in [6.07, 6.45) is 22.1. The molecule has 0 spiro atoms. The summed E-state index contributed by atoms with van der Waals surface area (Å²) in [6.45, 7) is 39.9. The van der Waals surface area contributed by atoms with E-state index in [9.17, 15) is 0 Å². The van der Waals surface area contributed by atoms with E-state index in [1.54, 1.807) is 34.6 Å². The van der Waals surface area contributed by atoms with E-state index in [1.807, 2.05) is 164 Å². The largest absolute Gasteiger partial charge is 0.329 e. The minimum Gasteiger partial charge on any atom is -0.329 e. The van der Waals surface area contributed by atoms with Crippen LogP contribution in [0.15, 0.2) is 200 Å². The zero-order valence-corrected chi connectivity index (χ0v) is 53.5. The monoisotopic (exact) mass is 1130 g/mol. The molecule has 0 saturated carbocycles. The zero-order valence-electron chi connectivity index (χ0n) is 51.8. The SMILES string of the molecule is C1=CC2=NC=CCN2C=C1.CC(C)C.CC(C)C.CC(C)C.CC(C)C.CC(C)C.CC(C)C.c1ccc2nccnc2c1.c1ccc2ncncc2c1.c1ccc2nsnc2c1.c1ccc2scnc2c1.c1ccn2ncnc2c1. The Morgan fingerprint density at radius 3 is 1.44 bits per heavy atom. The van der Waals surface area contributed by atoms with Gasteiger partial charge in [0, 0.05) is 49.1 Å². The van der Waals surface area contributed by atoms with Gasteiger partial charge in [0.1, 0.15) is 29.5 Å². The summed E-state index contributed by atoms with van der Waals surface area (Å²) in [7, 11) is 0. The Morgan fingerprint density at radius 2 is 0.938 bits per heavy atom. The molecule has 2 aliphatic heterocycles. The number of allylic oxidation sites excluding steroid dienone is 2. The van der Waals surface area contributed by atoms with Gasteiger partial charge in [-0.2, -0.15) is 13.8 Å². The van der Waals surface area contributed by atoms with Crippen LogP contribution in [-0.2, 0) is 0 Å². The predicted octanol–water partition coefficient (Wildman–Crippen LogP) is 19.2. The number of hydrogen-bond acceptors (Lipinski definition) is 13. The summed E-state index contributed by atoms with van der Waals surface area (Å²) in [6, 6.07) is 37.4. The number of benzene rings is 4. The highest BCUT2D eigenvalue weighted by molar-refractivity contribution is 7.16. The number of aliphatic imine (C=N–C) groups is 1. The van der Waals surface area contributed by atoms with Crippen LogP contribution in [0.5, 0.6) is 0 Å². The maximum Gasteiger partial charge on any atom is 0.155 e. The van der Waals surface area contributed by atoms with Crippen molar-refractivity contribution in [1.29, 1.82) is 0 Å². The summed E-state index contributed by atoms with van der Waals surface area (Å²) < 4.78 is 11.1. The third kappa shape index (κ3) is 38.0. The van der Waals surface area contributed by atoms with E-state index in [2.05, 4.69) is 184 Å². The van der Waals surface area contributed by atoms with Crippen LogP contribution in [0.3, 0.4) is 0 Å². The Labute approximate surface area is 494 Å². The number of pyridine rings is 1. The minimum atomic E-state index is 0.833. The number of para-hydroxylation sites is 4. The second-order valence-electron chi connectivity index (χ2n) is 22.1. The van der Waals surface area contributed by atoms with Crippen molar-refractivity contribution in [1.82, 2.24) is 53.2 Å². The van der Waals surface area contributed by atoms with E-state index < -0.39 is 0 Å². The lowest BCUT2D eigenvalue weighted by atomic mass is 10.2. The third-order valence-corrected chi connectivity index (χ3v) is 9.27. The molecule has 434 valence electrons. The summed E-state index contributed by atoms with van der Waals surface area (Å²) >= 11 is 2.93. The third-order valence-electron chi connectivity index (χ3n) is 7.90. The highest BCUT2D eigenvalue weighted by Crippen LogP contribution is 2.15. The average Bonchev–Trinajstić information content (AvgIpc) is 4.24. The van der Waals surface area contributed by atoms with E-state index in [-0.39, 0.29) is 0 Å². The normalized spacial score (nSPS) is 11.1. The Hall–Kier alpha value is -7.42. The molecule has 2 aliphatic rings. The van der Waals surface area contributed by atoms with Gasteiger partial charge in [0.15, 0.2) is 5.65 Å². The molecule has 12 nitrogen and oxygen atoms in total. The molecule has 8 heterocycles. The number of fused-ring (bicyclic) bond motifs is 6. The lowest BCUT2D eigenvalue weighted by Crippen LogP contribution is -2.27. The maximum absolute atomic E-state index is 4.18. The minimum absolute atomic E-state index is 0.833. The highest BCUT2D eigenvalue weighted by atomic mass is 32.1. The molecule has 14 heteroatoms. The molecular weight excluding hydrogens is 1040 g/mol. The van der Waals surface area contributed by atoms with Gasteiger partial charge >= 0.3 is 0 Å². The molecule has 0 aliphatic carbocycles. The zero-order chi connectivity index (χ0) is 60.2. The first-order chi connectivity index (χ1) is 38.7. The molecule has 0 unspecified atom stereocenters. The first-order valence-electron chi connectivity index (χ1n) is 28.0. The van der Waals surface area contributed by atoms with Crippen molar-refractivity contribution in [2.75, 3.05) is 6.54 Å². The van der Waals surface area contributed by atoms with E-state index in [4.69, 9.17) is 0 Å². The number of thiazole rings is 1. The highest BCUT2D eigenvalue weighted by Gasteiger charge is 2.07. The number of hydrogen-bond donors (Lipinski definition) is 0. The van der Waals surface area contributed by atoms with Gasteiger partial charge in [0.25, 0.3) is 0 Å². The maximum atomic E-state index is 4.18. The van der Waals surface area contributed by atoms with Gasteiger partial charge in [0.2, 0.25) is 0 Å². The van der Waals surface area contributed by atoms with Crippen molar-refractivity contribution in [3.8, 4) is 0 Å². The summed E-state index contributed by atoms with van der Waals surface area (Å²) in [5.74, 6) is 6.03. The Bertz CT molecular complexity index is 2710. The fourth-order valence-corrected chi connectivity index (χ4v) is 6.36. The van der Waals surface area contributed by atoms with Crippen LogP contribution in [0, 0.1) is 35.5 Å². The smallest absolute Gasteiger partial charge is 0.155 e. The van der Waals surface area contributed by atoms with Crippen LogP contribution in [0.4, 0.5) is 0 Å². The van der Waals surface area contributed by atoms with Gasteiger partial charge in [-0.15, -0.1) is 11.3 Å². The Kier molecular flexibility index (Phi) is 39.2. The molecular formula is C67H94N12S2. The van der Waals surface area contributed by atoms with E-state index in [0.29, 0.717) is 0 Å². The topological polar surface area (TPSA) is 136 Å². The van der Waals surface area contributed by atoms with Gasteiger partial charge in [0.05, 0.1) is 44.0 Å². The molecule has 0 saturated heterocycles. The summed E-state index contributed by atoms with van der Waals surface area (Å²) in [4.78, 5) is 30.6. The quantitative estimate of drug-likeness (QED) is 0.144. The molecule has 4 aromatic carbocycles. The van der Waals surface area contributed by atoms with Crippen molar-refractivity contribution >= 4 is 77.7 Å². The van der Waals surface area contributed by atoms with Gasteiger partial charge in [-0.3, -0.25) is 9.97 Å². The molecule has 0 fully saturated rings. The summed E-state index contributed by atoms with van der Waals surface area (Å²) in [5.41, 5.74) is 8.72. The lowest BCUT2D eigenvalue weighted by molar-refractivity contribution is 0.614. The molecule has 0 N–H and O–H groups in total. The molecule has 0 atom stereocenters. The van der Waals surface area contributed by atoms with Crippen LogP contribution in [-0.4, -0.2) is 65.5 Å². The van der Waals surface area contributed by atoms with Crippen LogP contribution in [0.25, 0.3) is 48.8 Å². The van der Waals surface area contributed by atoms with Crippen molar-refractivity contribution < 1.29 is 0 Å². The Morgan fingerprint density at radius 1 is 0.457 bits per heavy atom. The second kappa shape index (κ2) is 44.3. The van der Waals surface area contributed by atoms with Gasteiger partial charge < -0.3 is 4.90 Å². The molecule has 0 bridgehead atoms. The van der Waals surface area contributed by atoms with Crippen LogP contribution in [0.2, 0.25) is 0 Å². The van der Waals surface area contributed by atoms with E-state index in [1.165, 1.54) is 22.8 Å². The molecule has 10 aromatic rings. The van der Waals surface area contributed by atoms with Gasteiger partial charge in [-0.25, -0.2) is 29.4 Å². The van der Waals surface area contributed by atoms with Crippen LogP contribution in [0.1, 0.15) is 125 Å². The lowest BCUT2D eigenvalue weighted by Gasteiger charge is -2.22. The summed E-state index contributed by atoms with van der Waals surface area (Å²) in [5, 5.41) is 5.01. The molecule has 0 radical (unpaired) electrons. The first-order valence-corrected chi connectivity index (χ1v) is 29.7. The van der Waals surface area contributed by atoms with Crippen molar-refractivity contribution in [2.45, 2.75) is 125 Å². The van der Waals surface area contributed by atoms with Crippen molar-refractivity contribution in [2.24, 2.45) is 40.5 Å². The molecule has 12 rings (SSSR count). The number of amidine groups is 1. The van der Waals surface area contributed by atoms with E-state index in [0.717, 1.165) is 92.0 Å². The van der Waals surface area contributed by atoms with Gasteiger partial charge in [-0.1, -0.05) is 191 Å². The fourth-order valence-electron chi connectivity index (χ4n) is 5.16. The van der Waals surface area contributed by atoms with Crippen molar-refractivity contribution in [3.05, 3.63) is 195 Å². The number of rotatable bonds is 0. The van der Waals surface area contributed by atoms with Crippen LogP contribution < -0.4 is 0 Å². The number of nitrogens with zero attached hydrogens (tertiary/aromatic N) is 12. The van der Waals surface area contributed by atoms with Crippen molar-refractivity contribution in [3.63, 3.8) is 0 Å². The Balaban J connectivity index is 0.000000452. The van der Waals surface area contributed by atoms with Crippen LogP contribution >= 0.6 is 23.1 Å². The molecule has 6 aromatic heterocycles. The second-order valence-corrected chi connectivity index (χ2v) is 23.5. The molecule has 0 amide bonds. The van der Waals surface area contributed by atoms with E-state index >= 15 is 0 Å². The average molecular weight is 1130 g/mol. The first kappa shape index (κ1) is 71.6. The standard InChI is InChI=1S/C8H8N2.2C8H6N2.C7H5NS.C6H5N3.C6H4N2S.6C4H10/c1-2-6-10-7-3-5-9-8(10)4-1;1-2-4-8-7(3-1)5-9-6-10-8;1-2-4-8-7(3-1)9-5-6-10-8;1-2-4-7-6(3-1)8-5-9-7;1-2-4-9-6(3-1)7-5-8-9;1-2-4-6-5(3-1)7-9-8-6;6*1-4(2)3/h1-6H,7H2;2*1-6H;2*1-5H;1-4H;6*4H,1-3H3. The molecule has 81 heavy (non-hydrogen) atoms. The fraction of sp³-hybridized carbons (Fsp3) is 0.373. The number of aromatic nitrogens is 10. The van der Waals surface area contributed by atoms with Gasteiger partial charge in [-0.05, 0) is 108 Å². The predicted molar refractivity (Wildman–Crippen MR) is 354 cm³/mol.